The molecule has 102 valence electrons. The monoisotopic (exact) mass is 254 g/mol. The van der Waals surface area contributed by atoms with Gasteiger partial charge in [-0.2, -0.15) is 13.2 Å². The van der Waals surface area contributed by atoms with E-state index in [4.69, 9.17) is 0 Å². The van der Waals surface area contributed by atoms with E-state index in [1.165, 1.54) is 0 Å². The van der Waals surface area contributed by atoms with Crippen molar-refractivity contribution < 1.29 is 17.9 Å². The zero-order chi connectivity index (χ0) is 12.7. The van der Waals surface area contributed by atoms with Crippen molar-refractivity contribution in [3.63, 3.8) is 0 Å². The van der Waals surface area contributed by atoms with Crippen molar-refractivity contribution in [3.05, 3.63) is 0 Å². The maximum atomic E-state index is 11.9. The Labute approximate surface area is 100 Å². The molecule has 17 heavy (non-hydrogen) atoms. The van der Waals surface area contributed by atoms with Crippen molar-refractivity contribution in [1.29, 1.82) is 0 Å². The molecule has 1 aliphatic heterocycles. The molecule has 1 unspecified atom stereocenters. The summed E-state index contributed by atoms with van der Waals surface area (Å²) in [6, 6.07) is 0.434. The van der Waals surface area contributed by atoms with Gasteiger partial charge in [-0.3, -0.25) is 4.90 Å². The topological polar surface area (TPSA) is 24.5 Å². The summed E-state index contributed by atoms with van der Waals surface area (Å²) in [5, 5.41) is 3.30. The zero-order valence-corrected chi connectivity index (χ0v) is 10.2. The molecule has 1 heterocycles. The van der Waals surface area contributed by atoms with E-state index in [9.17, 15) is 13.2 Å². The van der Waals surface area contributed by atoms with E-state index in [0.717, 1.165) is 32.5 Å². The van der Waals surface area contributed by atoms with E-state index < -0.39 is 12.8 Å². The van der Waals surface area contributed by atoms with Crippen molar-refractivity contribution in [2.24, 2.45) is 0 Å². The summed E-state index contributed by atoms with van der Waals surface area (Å²) in [5.74, 6) is 0. The van der Waals surface area contributed by atoms with E-state index in [2.05, 4.69) is 15.0 Å². The van der Waals surface area contributed by atoms with Crippen LogP contribution in [0.1, 0.15) is 19.8 Å². The number of halogens is 3. The van der Waals surface area contributed by atoms with Gasteiger partial charge < -0.3 is 10.1 Å². The van der Waals surface area contributed by atoms with E-state index in [1.54, 1.807) is 0 Å². The van der Waals surface area contributed by atoms with Crippen molar-refractivity contribution in [2.75, 3.05) is 39.4 Å². The normalized spacial score (nSPS) is 22.1. The maximum Gasteiger partial charge on any atom is 0.411 e. The van der Waals surface area contributed by atoms with Gasteiger partial charge in [0, 0.05) is 19.1 Å². The van der Waals surface area contributed by atoms with Gasteiger partial charge in [0.1, 0.15) is 6.61 Å². The van der Waals surface area contributed by atoms with Gasteiger partial charge >= 0.3 is 6.18 Å². The van der Waals surface area contributed by atoms with Crippen LogP contribution >= 0.6 is 0 Å². The van der Waals surface area contributed by atoms with Gasteiger partial charge in [0.2, 0.25) is 0 Å². The Morgan fingerprint density at radius 1 is 1.41 bits per heavy atom. The minimum atomic E-state index is -4.22. The minimum Gasteiger partial charge on any atom is -0.371 e. The predicted octanol–water partition coefficient (Wildman–Crippen LogP) is 1.64. The number of likely N-dealkylation sites (N-methyl/N-ethyl adjacent to an activating group) is 1. The third kappa shape index (κ3) is 6.24. The van der Waals surface area contributed by atoms with Crippen LogP contribution in [0.2, 0.25) is 0 Å². The molecule has 0 aliphatic carbocycles. The fourth-order valence-electron chi connectivity index (χ4n) is 2.11. The Morgan fingerprint density at radius 2 is 2.18 bits per heavy atom. The molecular weight excluding hydrogens is 233 g/mol. The van der Waals surface area contributed by atoms with E-state index in [0.29, 0.717) is 12.6 Å². The largest absolute Gasteiger partial charge is 0.411 e. The first-order chi connectivity index (χ1) is 8.03. The molecule has 0 radical (unpaired) electrons. The van der Waals surface area contributed by atoms with Crippen LogP contribution in [0.25, 0.3) is 0 Å². The van der Waals surface area contributed by atoms with Crippen LogP contribution in [-0.4, -0.2) is 56.5 Å². The molecule has 1 aliphatic rings. The van der Waals surface area contributed by atoms with Gasteiger partial charge in [-0.1, -0.05) is 6.92 Å². The predicted molar refractivity (Wildman–Crippen MR) is 60.0 cm³/mol. The first kappa shape index (κ1) is 14.7. The second-order valence-electron chi connectivity index (χ2n) is 4.30. The van der Waals surface area contributed by atoms with Crippen LogP contribution in [-0.2, 0) is 4.74 Å². The molecule has 1 rings (SSSR count). The molecule has 0 aromatic rings. The van der Waals surface area contributed by atoms with E-state index >= 15 is 0 Å². The number of ether oxygens (including phenoxy) is 1. The standard InChI is InChI=1S/C11H21F3N2O/c1-2-16(10-4-3-5-15-8-10)6-7-17-9-11(12,13)14/h10,15H,2-9H2,1H3. The van der Waals surface area contributed by atoms with Gasteiger partial charge in [-0.05, 0) is 25.9 Å². The highest BCUT2D eigenvalue weighted by atomic mass is 19.4. The number of hydrogen-bond acceptors (Lipinski definition) is 3. The number of nitrogens with zero attached hydrogens (tertiary/aromatic N) is 1. The van der Waals surface area contributed by atoms with Crippen molar-refractivity contribution in [1.82, 2.24) is 10.2 Å². The Hall–Kier alpha value is -0.330. The van der Waals surface area contributed by atoms with Crippen LogP contribution in [0.4, 0.5) is 13.2 Å². The Morgan fingerprint density at radius 3 is 2.71 bits per heavy atom. The quantitative estimate of drug-likeness (QED) is 0.729. The van der Waals surface area contributed by atoms with Gasteiger partial charge in [-0.25, -0.2) is 0 Å². The van der Waals surface area contributed by atoms with Gasteiger partial charge in [0.15, 0.2) is 0 Å². The Balaban J connectivity index is 2.18. The summed E-state index contributed by atoms with van der Waals surface area (Å²) in [7, 11) is 0. The Kier molecular flexibility index (Phi) is 6.22. The molecule has 3 nitrogen and oxygen atoms in total. The average Bonchev–Trinajstić information content (AvgIpc) is 2.29. The third-order valence-electron chi connectivity index (χ3n) is 2.98. The van der Waals surface area contributed by atoms with Gasteiger partial charge in [-0.15, -0.1) is 0 Å². The molecule has 6 heteroatoms. The highest BCUT2D eigenvalue weighted by Gasteiger charge is 2.27. The molecule has 1 fully saturated rings. The van der Waals surface area contributed by atoms with Crippen LogP contribution in [0, 0.1) is 0 Å². The van der Waals surface area contributed by atoms with Crippen molar-refractivity contribution in [3.8, 4) is 0 Å². The number of alkyl halides is 3. The summed E-state index contributed by atoms with van der Waals surface area (Å²) in [6.45, 7) is 4.40. The van der Waals surface area contributed by atoms with Crippen LogP contribution in [0.5, 0.6) is 0 Å². The van der Waals surface area contributed by atoms with Crippen molar-refractivity contribution >= 4 is 0 Å². The van der Waals surface area contributed by atoms with Crippen LogP contribution in [0.3, 0.4) is 0 Å². The number of nitrogens with one attached hydrogen (secondary N) is 1. The van der Waals surface area contributed by atoms with Gasteiger partial charge in [0.05, 0.1) is 6.61 Å². The summed E-state index contributed by atoms with van der Waals surface area (Å²) < 4.78 is 40.2. The maximum absolute atomic E-state index is 11.9. The molecule has 1 N–H and O–H groups in total. The second-order valence-corrected chi connectivity index (χ2v) is 4.30. The molecular formula is C11H21F3N2O. The van der Waals surface area contributed by atoms with Gasteiger partial charge in [0.25, 0.3) is 0 Å². The molecule has 0 saturated carbocycles. The van der Waals surface area contributed by atoms with Crippen LogP contribution < -0.4 is 5.32 Å². The fraction of sp³-hybridized carbons (Fsp3) is 1.00. The fourth-order valence-corrected chi connectivity index (χ4v) is 2.11. The number of piperidine rings is 1. The average molecular weight is 254 g/mol. The second kappa shape index (κ2) is 7.18. The van der Waals surface area contributed by atoms with Crippen molar-refractivity contribution in [2.45, 2.75) is 32.0 Å². The lowest BCUT2D eigenvalue weighted by Gasteiger charge is -2.33. The lowest BCUT2D eigenvalue weighted by molar-refractivity contribution is -0.174. The lowest BCUT2D eigenvalue weighted by atomic mass is 10.1. The molecule has 1 saturated heterocycles. The zero-order valence-electron chi connectivity index (χ0n) is 10.2. The molecule has 0 spiro atoms. The first-order valence-corrected chi connectivity index (χ1v) is 6.12. The smallest absolute Gasteiger partial charge is 0.371 e. The highest BCUT2D eigenvalue weighted by Crippen LogP contribution is 2.14. The molecule has 0 bridgehead atoms. The Bertz CT molecular complexity index is 205. The SMILES string of the molecule is CCN(CCOCC(F)(F)F)C1CCCNC1. The molecule has 1 atom stereocenters. The number of hydrogen-bond donors (Lipinski definition) is 1. The summed E-state index contributed by atoms with van der Waals surface area (Å²) >= 11 is 0. The molecule has 0 aromatic heterocycles. The lowest BCUT2D eigenvalue weighted by Crippen LogP contribution is -2.47. The minimum absolute atomic E-state index is 0.143. The first-order valence-electron chi connectivity index (χ1n) is 6.12. The summed E-state index contributed by atoms with van der Waals surface area (Å²) in [6.07, 6.45) is -1.98. The molecule has 0 amide bonds. The van der Waals surface area contributed by atoms with E-state index in [1.807, 2.05) is 6.92 Å². The highest BCUT2D eigenvalue weighted by molar-refractivity contribution is 4.77. The molecule has 0 aromatic carbocycles. The number of rotatable bonds is 6. The summed E-state index contributed by atoms with van der Waals surface area (Å²) in [5.41, 5.74) is 0. The van der Waals surface area contributed by atoms with Crippen LogP contribution in [0.15, 0.2) is 0 Å². The summed E-state index contributed by atoms with van der Waals surface area (Å²) in [4.78, 5) is 2.18. The van der Waals surface area contributed by atoms with E-state index in [-0.39, 0.29) is 6.61 Å². The third-order valence-corrected chi connectivity index (χ3v) is 2.98.